The van der Waals surface area contributed by atoms with Crippen LogP contribution in [0.25, 0.3) is 0 Å². The summed E-state index contributed by atoms with van der Waals surface area (Å²) in [7, 11) is 1.36. The van der Waals surface area contributed by atoms with Crippen LogP contribution in [0.15, 0.2) is 24.3 Å². The standard InChI is InChI=1S/C16H16N4O2/c1-22-16(21)12-4-2-11(3-5-12)10-20-15-6-7-18-9-13(15)14(8-17)19-20/h2-5,18H,6-7,9-10H2,1H3. The van der Waals surface area contributed by atoms with Gasteiger partial charge in [-0.15, -0.1) is 0 Å². The molecule has 0 fully saturated rings. The van der Waals surface area contributed by atoms with Gasteiger partial charge in [0.1, 0.15) is 6.07 Å². The number of esters is 1. The van der Waals surface area contributed by atoms with Gasteiger partial charge in [0.05, 0.1) is 19.2 Å². The molecular formula is C16H16N4O2. The maximum Gasteiger partial charge on any atom is 0.337 e. The molecule has 2 aromatic rings. The lowest BCUT2D eigenvalue weighted by Crippen LogP contribution is -2.25. The Hall–Kier alpha value is -2.65. The van der Waals surface area contributed by atoms with Crippen molar-refractivity contribution >= 4 is 5.97 Å². The van der Waals surface area contributed by atoms with E-state index in [-0.39, 0.29) is 5.97 Å². The molecule has 0 bridgehead atoms. The molecule has 0 aliphatic carbocycles. The van der Waals surface area contributed by atoms with E-state index < -0.39 is 0 Å². The fourth-order valence-electron chi connectivity index (χ4n) is 2.68. The van der Waals surface area contributed by atoms with E-state index >= 15 is 0 Å². The molecule has 1 aliphatic rings. The van der Waals surface area contributed by atoms with Crippen LogP contribution >= 0.6 is 0 Å². The number of hydrogen-bond acceptors (Lipinski definition) is 5. The second-order valence-electron chi connectivity index (χ2n) is 5.16. The average Bonchev–Trinajstić information content (AvgIpc) is 2.93. The van der Waals surface area contributed by atoms with E-state index in [1.165, 1.54) is 7.11 Å². The van der Waals surface area contributed by atoms with E-state index in [2.05, 4.69) is 21.2 Å². The smallest absolute Gasteiger partial charge is 0.337 e. The first-order valence-corrected chi connectivity index (χ1v) is 7.09. The van der Waals surface area contributed by atoms with Gasteiger partial charge in [0.25, 0.3) is 0 Å². The Morgan fingerprint density at radius 1 is 1.45 bits per heavy atom. The summed E-state index contributed by atoms with van der Waals surface area (Å²) >= 11 is 0. The van der Waals surface area contributed by atoms with Crippen molar-refractivity contribution in [2.75, 3.05) is 13.7 Å². The zero-order valence-corrected chi connectivity index (χ0v) is 12.3. The van der Waals surface area contributed by atoms with E-state index in [1.54, 1.807) is 12.1 Å². The number of aromatic nitrogens is 2. The lowest BCUT2D eigenvalue weighted by Gasteiger charge is -2.15. The molecule has 3 rings (SSSR count). The molecule has 2 heterocycles. The molecule has 1 aromatic heterocycles. The Balaban J connectivity index is 1.86. The Morgan fingerprint density at radius 3 is 2.91 bits per heavy atom. The van der Waals surface area contributed by atoms with Gasteiger partial charge in [-0.3, -0.25) is 4.68 Å². The lowest BCUT2D eigenvalue weighted by molar-refractivity contribution is 0.0600. The first kappa shape index (κ1) is 14.3. The fraction of sp³-hybridized carbons (Fsp3) is 0.312. The Labute approximate surface area is 128 Å². The summed E-state index contributed by atoms with van der Waals surface area (Å²) in [5, 5.41) is 16.9. The van der Waals surface area contributed by atoms with Crippen LogP contribution in [0.3, 0.4) is 0 Å². The maximum absolute atomic E-state index is 11.4. The highest BCUT2D eigenvalue weighted by Gasteiger charge is 2.20. The fourth-order valence-corrected chi connectivity index (χ4v) is 2.68. The molecule has 0 radical (unpaired) electrons. The predicted molar refractivity (Wildman–Crippen MR) is 79.2 cm³/mol. The summed E-state index contributed by atoms with van der Waals surface area (Å²) in [6.45, 7) is 2.18. The molecule has 0 atom stereocenters. The summed E-state index contributed by atoms with van der Waals surface area (Å²) in [5.41, 5.74) is 4.16. The highest BCUT2D eigenvalue weighted by molar-refractivity contribution is 5.89. The van der Waals surface area contributed by atoms with Gasteiger partial charge in [-0.2, -0.15) is 10.4 Å². The molecule has 0 saturated carbocycles. The van der Waals surface area contributed by atoms with Crippen LogP contribution in [0.4, 0.5) is 0 Å². The van der Waals surface area contributed by atoms with Gasteiger partial charge in [-0.05, 0) is 17.7 Å². The third kappa shape index (κ3) is 2.59. The summed E-state index contributed by atoms with van der Waals surface area (Å²) in [6, 6.07) is 9.40. The monoisotopic (exact) mass is 296 g/mol. The van der Waals surface area contributed by atoms with Crippen LogP contribution in [0.1, 0.15) is 32.9 Å². The zero-order chi connectivity index (χ0) is 15.5. The normalized spacial score (nSPS) is 13.3. The van der Waals surface area contributed by atoms with Crippen molar-refractivity contribution < 1.29 is 9.53 Å². The highest BCUT2D eigenvalue weighted by Crippen LogP contribution is 2.19. The van der Waals surface area contributed by atoms with Gasteiger partial charge in [0.15, 0.2) is 5.69 Å². The summed E-state index contributed by atoms with van der Waals surface area (Å²) in [4.78, 5) is 11.4. The van der Waals surface area contributed by atoms with Crippen LogP contribution in [0, 0.1) is 11.3 Å². The number of nitriles is 1. The topological polar surface area (TPSA) is 79.9 Å². The third-order valence-corrected chi connectivity index (χ3v) is 3.82. The summed E-state index contributed by atoms with van der Waals surface area (Å²) in [5.74, 6) is -0.346. The van der Waals surface area contributed by atoms with Gasteiger partial charge in [-0.25, -0.2) is 4.79 Å². The number of carbonyl (C=O) groups is 1. The molecule has 0 amide bonds. The molecule has 6 nitrogen and oxygen atoms in total. The molecule has 1 N–H and O–H groups in total. The van der Waals surface area contributed by atoms with Crippen LogP contribution in [-0.2, 0) is 24.2 Å². The number of methoxy groups -OCH3 is 1. The van der Waals surface area contributed by atoms with Crippen LogP contribution in [0.2, 0.25) is 0 Å². The van der Waals surface area contributed by atoms with Crippen LogP contribution < -0.4 is 5.32 Å². The van der Waals surface area contributed by atoms with Crippen molar-refractivity contribution in [2.24, 2.45) is 0 Å². The van der Waals surface area contributed by atoms with E-state index in [4.69, 9.17) is 0 Å². The Morgan fingerprint density at radius 2 is 2.23 bits per heavy atom. The van der Waals surface area contributed by atoms with E-state index in [9.17, 15) is 10.1 Å². The van der Waals surface area contributed by atoms with Gasteiger partial charge >= 0.3 is 5.97 Å². The average molecular weight is 296 g/mol. The molecule has 112 valence electrons. The Bertz CT molecular complexity index is 741. The Kier molecular flexibility index (Phi) is 3.90. The van der Waals surface area contributed by atoms with Crippen molar-refractivity contribution in [1.29, 1.82) is 5.26 Å². The minimum absolute atomic E-state index is 0.346. The number of rotatable bonds is 3. The lowest BCUT2D eigenvalue weighted by atomic mass is 10.1. The van der Waals surface area contributed by atoms with Crippen molar-refractivity contribution in [2.45, 2.75) is 19.5 Å². The third-order valence-electron chi connectivity index (χ3n) is 3.82. The molecule has 1 aliphatic heterocycles. The first-order valence-electron chi connectivity index (χ1n) is 7.09. The van der Waals surface area contributed by atoms with Gasteiger partial charge < -0.3 is 10.1 Å². The highest BCUT2D eigenvalue weighted by atomic mass is 16.5. The maximum atomic E-state index is 11.4. The number of nitrogens with one attached hydrogen (secondary N) is 1. The molecular weight excluding hydrogens is 280 g/mol. The van der Waals surface area contributed by atoms with E-state index in [1.807, 2.05) is 16.8 Å². The number of ether oxygens (including phenoxy) is 1. The minimum Gasteiger partial charge on any atom is -0.465 e. The molecule has 0 unspecified atom stereocenters. The number of benzene rings is 1. The molecule has 0 spiro atoms. The SMILES string of the molecule is COC(=O)c1ccc(Cn2nc(C#N)c3c2CCNC3)cc1. The minimum atomic E-state index is -0.346. The molecule has 0 saturated heterocycles. The zero-order valence-electron chi connectivity index (χ0n) is 12.3. The summed E-state index contributed by atoms with van der Waals surface area (Å²) < 4.78 is 6.58. The van der Waals surface area contributed by atoms with Crippen LogP contribution in [-0.4, -0.2) is 29.4 Å². The number of nitrogens with zero attached hydrogens (tertiary/aromatic N) is 3. The van der Waals surface area contributed by atoms with Crippen molar-refractivity contribution in [3.05, 3.63) is 52.3 Å². The largest absolute Gasteiger partial charge is 0.465 e. The number of fused-ring (bicyclic) bond motifs is 1. The second kappa shape index (κ2) is 6.00. The van der Waals surface area contributed by atoms with Gasteiger partial charge in [-0.1, -0.05) is 12.1 Å². The summed E-state index contributed by atoms with van der Waals surface area (Å²) in [6.07, 6.45) is 0.865. The van der Waals surface area contributed by atoms with E-state index in [0.717, 1.165) is 29.8 Å². The molecule has 1 aromatic carbocycles. The van der Waals surface area contributed by atoms with Gasteiger partial charge in [0.2, 0.25) is 0 Å². The van der Waals surface area contributed by atoms with Crippen molar-refractivity contribution in [1.82, 2.24) is 15.1 Å². The second-order valence-corrected chi connectivity index (χ2v) is 5.16. The van der Waals surface area contributed by atoms with Gasteiger partial charge in [0, 0.05) is 30.8 Å². The molecule has 6 heteroatoms. The molecule has 22 heavy (non-hydrogen) atoms. The van der Waals surface area contributed by atoms with E-state index in [0.29, 0.717) is 24.3 Å². The van der Waals surface area contributed by atoms with Crippen LogP contribution in [0.5, 0.6) is 0 Å². The number of hydrogen-bond donors (Lipinski definition) is 1. The number of carbonyl (C=O) groups excluding carboxylic acids is 1. The van der Waals surface area contributed by atoms with Crippen molar-refractivity contribution in [3.8, 4) is 6.07 Å². The first-order chi connectivity index (χ1) is 10.7. The quantitative estimate of drug-likeness (QED) is 0.862. The predicted octanol–water partition coefficient (Wildman–Crippen LogP) is 1.24. The van der Waals surface area contributed by atoms with Crippen molar-refractivity contribution in [3.63, 3.8) is 0 Å².